The minimum atomic E-state index is -0.0380. The Morgan fingerprint density at radius 1 is 1.16 bits per heavy atom. The number of amides is 2. The van der Waals surface area contributed by atoms with Gasteiger partial charge in [-0.1, -0.05) is 26.0 Å². The van der Waals surface area contributed by atoms with Crippen LogP contribution in [0, 0.1) is 11.8 Å². The number of piperidine rings is 1. The molecule has 1 heterocycles. The topological polar surface area (TPSA) is 70.2 Å². The molecule has 0 radical (unpaired) electrons. The van der Waals surface area contributed by atoms with Crippen LogP contribution in [0.4, 0.5) is 5.69 Å². The molecule has 2 amide bonds. The molecule has 140 valence electrons. The van der Waals surface area contributed by atoms with Crippen LogP contribution in [0.3, 0.4) is 0 Å². The first-order valence-corrected chi connectivity index (χ1v) is 8.92. The molecule has 6 heteroatoms. The van der Waals surface area contributed by atoms with Gasteiger partial charge in [0.05, 0.1) is 0 Å². The van der Waals surface area contributed by atoms with Crippen molar-refractivity contribution in [2.45, 2.75) is 46.1 Å². The number of halogens is 1. The van der Waals surface area contributed by atoms with Gasteiger partial charge in [-0.25, -0.2) is 0 Å². The van der Waals surface area contributed by atoms with Crippen molar-refractivity contribution in [3.05, 3.63) is 29.8 Å². The van der Waals surface area contributed by atoms with Crippen molar-refractivity contribution in [3.8, 4) is 0 Å². The molecule has 0 aliphatic carbocycles. The van der Waals surface area contributed by atoms with Crippen molar-refractivity contribution < 1.29 is 9.59 Å². The molecule has 0 spiro atoms. The molecular weight excluding hydrogens is 338 g/mol. The van der Waals surface area contributed by atoms with Gasteiger partial charge in [-0.2, -0.15) is 0 Å². The predicted molar refractivity (Wildman–Crippen MR) is 104 cm³/mol. The first-order valence-electron chi connectivity index (χ1n) is 8.92. The average molecular weight is 368 g/mol. The van der Waals surface area contributed by atoms with Gasteiger partial charge in [0.2, 0.25) is 11.8 Å². The van der Waals surface area contributed by atoms with Crippen LogP contribution >= 0.6 is 12.4 Å². The Morgan fingerprint density at radius 3 is 2.40 bits per heavy atom. The molecule has 0 bridgehead atoms. The van der Waals surface area contributed by atoms with E-state index in [9.17, 15) is 9.59 Å². The Morgan fingerprint density at radius 2 is 1.80 bits per heavy atom. The third kappa shape index (κ3) is 7.88. The van der Waals surface area contributed by atoms with Gasteiger partial charge in [-0.05, 0) is 56.0 Å². The lowest BCUT2D eigenvalue weighted by Gasteiger charge is -2.22. The lowest BCUT2D eigenvalue weighted by molar-refractivity contribution is -0.121. The van der Waals surface area contributed by atoms with Crippen LogP contribution in [0.15, 0.2) is 24.3 Å². The highest BCUT2D eigenvalue weighted by Gasteiger charge is 2.14. The van der Waals surface area contributed by atoms with E-state index in [4.69, 9.17) is 0 Å². The van der Waals surface area contributed by atoms with Crippen molar-refractivity contribution >= 4 is 29.9 Å². The monoisotopic (exact) mass is 367 g/mol. The number of hydrogen-bond acceptors (Lipinski definition) is 3. The molecule has 5 nitrogen and oxygen atoms in total. The summed E-state index contributed by atoms with van der Waals surface area (Å²) in [5.41, 5.74) is 1.82. The predicted octanol–water partition coefficient (Wildman–Crippen LogP) is 3.10. The molecule has 2 rings (SSSR count). The lowest BCUT2D eigenvalue weighted by Crippen LogP contribution is -2.29. The van der Waals surface area contributed by atoms with Gasteiger partial charge in [0, 0.05) is 24.6 Å². The van der Waals surface area contributed by atoms with Crippen molar-refractivity contribution in [3.63, 3.8) is 0 Å². The maximum absolute atomic E-state index is 12.0. The fraction of sp³-hybridized carbons (Fsp3) is 0.579. The minimum Gasteiger partial charge on any atom is -0.352 e. The van der Waals surface area contributed by atoms with E-state index >= 15 is 0 Å². The summed E-state index contributed by atoms with van der Waals surface area (Å²) in [6, 6.07) is 7.61. The summed E-state index contributed by atoms with van der Waals surface area (Å²) in [6.07, 6.45) is 3.94. The Balaban J connectivity index is 0.00000312. The molecule has 3 N–H and O–H groups in total. The van der Waals surface area contributed by atoms with Crippen LogP contribution in [-0.2, 0) is 16.1 Å². The molecule has 1 aromatic rings. The van der Waals surface area contributed by atoms with Gasteiger partial charge in [0.1, 0.15) is 0 Å². The molecule has 25 heavy (non-hydrogen) atoms. The van der Waals surface area contributed by atoms with E-state index in [0.717, 1.165) is 30.8 Å². The maximum atomic E-state index is 12.0. The van der Waals surface area contributed by atoms with Gasteiger partial charge in [-0.15, -0.1) is 12.4 Å². The highest BCUT2D eigenvalue weighted by Crippen LogP contribution is 2.17. The van der Waals surface area contributed by atoms with Crippen LogP contribution in [0.5, 0.6) is 0 Å². The van der Waals surface area contributed by atoms with Crippen LogP contribution < -0.4 is 16.0 Å². The third-order valence-electron chi connectivity index (χ3n) is 4.47. The number of benzene rings is 1. The molecule has 0 aromatic heterocycles. The maximum Gasteiger partial charge on any atom is 0.226 e. The summed E-state index contributed by atoms with van der Waals surface area (Å²) in [5.74, 6) is 0.768. The smallest absolute Gasteiger partial charge is 0.226 e. The lowest BCUT2D eigenvalue weighted by atomic mass is 9.93. The summed E-state index contributed by atoms with van der Waals surface area (Å²) in [7, 11) is 0. The Labute approximate surface area is 156 Å². The molecule has 0 saturated carbocycles. The van der Waals surface area contributed by atoms with E-state index in [1.165, 1.54) is 12.8 Å². The second-order valence-electron chi connectivity index (χ2n) is 6.85. The largest absolute Gasteiger partial charge is 0.352 e. The molecule has 1 aliphatic heterocycles. The highest BCUT2D eigenvalue weighted by atomic mass is 35.5. The summed E-state index contributed by atoms with van der Waals surface area (Å²) in [6.45, 7) is 6.41. The van der Waals surface area contributed by atoms with Gasteiger partial charge in [0.15, 0.2) is 0 Å². The summed E-state index contributed by atoms with van der Waals surface area (Å²) < 4.78 is 0. The standard InChI is InChI=1S/C19H29N3O2.ClH/c1-14(2)19(24)22-17-6-3-16(4-7-17)13-21-18(23)8-5-15-9-11-20-12-10-15;/h3-4,6-7,14-15,20H,5,8-13H2,1-2H3,(H,21,23)(H,22,24);1H. The van der Waals surface area contributed by atoms with E-state index in [2.05, 4.69) is 16.0 Å². The second kappa shape index (κ2) is 11.1. The van der Waals surface area contributed by atoms with Crippen molar-refractivity contribution in [1.29, 1.82) is 0 Å². The zero-order valence-corrected chi connectivity index (χ0v) is 16.0. The molecule has 1 saturated heterocycles. The minimum absolute atomic E-state index is 0. The highest BCUT2D eigenvalue weighted by molar-refractivity contribution is 5.92. The number of hydrogen-bond donors (Lipinski definition) is 3. The van der Waals surface area contributed by atoms with E-state index in [-0.39, 0.29) is 30.1 Å². The second-order valence-corrected chi connectivity index (χ2v) is 6.85. The zero-order valence-electron chi connectivity index (χ0n) is 15.1. The number of carbonyl (C=O) groups is 2. The van der Waals surface area contributed by atoms with Gasteiger partial charge in [-0.3, -0.25) is 9.59 Å². The van der Waals surface area contributed by atoms with Gasteiger partial charge >= 0.3 is 0 Å². The Bertz CT molecular complexity index is 540. The molecule has 0 atom stereocenters. The number of anilines is 1. The molecule has 1 aliphatic rings. The molecule has 0 unspecified atom stereocenters. The Kier molecular flexibility index (Phi) is 9.53. The SMILES string of the molecule is CC(C)C(=O)Nc1ccc(CNC(=O)CCC2CCNCC2)cc1.Cl. The number of nitrogens with one attached hydrogen (secondary N) is 3. The zero-order chi connectivity index (χ0) is 17.4. The molecule has 1 fully saturated rings. The first-order chi connectivity index (χ1) is 11.5. The molecule has 1 aromatic carbocycles. The average Bonchev–Trinajstić information content (AvgIpc) is 2.60. The summed E-state index contributed by atoms with van der Waals surface area (Å²) >= 11 is 0. The van der Waals surface area contributed by atoms with Crippen molar-refractivity contribution in [2.24, 2.45) is 11.8 Å². The van der Waals surface area contributed by atoms with Gasteiger partial charge in [0.25, 0.3) is 0 Å². The molecular formula is C19H30ClN3O2. The summed E-state index contributed by atoms with van der Waals surface area (Å²) in [4.78, 5) is 23.6. The number of rotatable bonds is 7. The van der Waals surface area contributed by atoms with Crippen LogP contribution in [0.2, 0.25) is 0 Å². The third-order valence-corrected chi connectivity index (χ3v) is 4.47. The number of carbonyl (C=O) groups excluding carboxylic acids is 2. The van der Waals surface area contributed by atoms with E-state index in [0.29, 0.717) is 18.9 Å². The van der Waals surface area contributed by atoms with Crippen LogP contribution in [0.25, 0.3) is 0 Å². The van der Waals surface area contributed by atoms with E-state index in [1.54, 1.807) is 0 Å². The van der Waals surface area contributed by atoms with Gasteiger partial charge < -0.3 is 16.0 Å². The fourth-order valence-corrected chi connectivity index (χ4v) is 2.79. The van der Waals surface area contributed by atoms with E-state index in [1.807, 2.05) is 38.1 Å². The van der Waals surface area contributed by atoms with Crippen LogP contribution in [0.1, 0.15) is 45.1 Å². The Hall–Kier alpha value is -1.59. The quantitative estimate of drug-likeness (QED) is 0.693. The first kappa shape index (κ1) is 21.5. The summed E-state index contributed by atoms with van der Waals surface area (Å²) in [5, 5.41) is 9.18. The van der Waals surface area contributed by atoms with Crippen LogP contribution in [-0.4, -0.2) is 24.9 Å². The van der Waals surface area contributed by atoms with Crippen molar-refractivity contribution in [1.82, 2.24) is 10.6 Å². The van der Waals surface area contributed by atoms with E-state index < -0.39 is 0 Å². The normalized spacial score (nSPS) is 14.7. The van der Waals surface area contributed by atoms with Crippen molar-refractivity contribution in [2.75, 3.05) is 18.4 Å². The fourth-order valence-electron chi connectivity index (χ4n) is 2.79.